The molecule has 0 aromatic heterocycles. The molecule has 0 saturated carbocycles. The normalized spacial score (nSPS) is 20.2. The van der Waals surface area contributed by atoms with Crippen LogP contribution in [0.4, 0.5) is 9.59 Å². The molecular weight excluding hydrogens is 634 g/mol. The van der Waals surface area contributed by atoms with E-state index in [1.54, 1.807) is 36.4 Å². The Labute approximate surface area is 284 Å². The van der Waals surface area contributed by atoms with E-state index in [4.69, 9.17) is 11.5 Å². The lowest BCUT2D eigenvalue weighted by atomic mass is 10.0. The van der Waals surface area contributed by atoms with Gasteiger partial charge in [-0.25, -0.2) is 9.59 Å². The van der Waals surface area contributed by atoms with Crippen molar-refractivity contribution < 1.29 is 33.9 Å². The van der Waals surface area contributed by atoms with Crippen LogP contribution in [0.3, 0.4) is 0 Å². The topological polar surface area (TPSA) is 259 Å². The van der Waals surface area contributed by atoms with E-state index in [9.17, 15) is 33.9 Å². The Bertz CT molecular complexity index is 1410. The molecule has 49 heavy (non-hydrogen) atoms. The third-order valence-electron chi connectivity index (χ3n) is 7.79. The first-order valence-electron chi connectivity index (χ1n) is 16.3. The maximum atomic E-state index is 13.8. The van der Waals surface area contributed by atoms with Crippen molar-refractivity contribution in [1.82, 2.24) is 37.2 Å². The minimum absolute atomic E-state index is 0.0658. The van der Waals surface area contributed by atoms with Crippen molar-refractivity contribution in [3.8, 4) is 5.75 Å². The van der Waals surface area contributed by atoms with E-state index in [0.29, 0.717) is 31.4 Å². The van der Waals surface area contributed by atoms with Gasteiger partial charge in [0.2, 0.25) is 23.6 Å². The van der Waals surface area contributed by atoms with E-state index in [-0.39, 0.29) is 51.1 Å². The van der Waals surface area contributed by atoms with E-state index in [0.717, 1.165) is 5.56 Å². The monoisotopic (exact) mass is 681 g/mol. The number of nitrogens with one attached hydrogen (secondary N) is 7. The first-order chi connectivity index (χ1) is 23.5. The zero-order valence-corrected chi connectivity index (χ0v) is 27.3. The van der Waals surface area contributed by atoms with Crippen LogP contribution in [0.2, 0.25) is 0 Å². The fourth-order valence-electron chi connectivity index (χ4n) is 5.14. The fourth-order valence-corrected chi connectivity index (χ4v) is 5.14. The third-order valence-corrected chi connectivity index (χ3v) is 7.79. The summed E-state index contributed by atoms with van der Waals surface area (Å²) in [6.07, 6.45) is 1.91. The first-order valence-corrected chi connectivity index (χ1v) is 16.3. The van der Waals surface area contributed by atoms with Gasteiger partial charge in [0.15, 0.2) is 0 Å². The molecule has 0 radical (unpaired) electrons. The molecule has 4 atom stereocenters. The zero-order chi connectivity index (χ0) is 35.6. The second kappa shape index (κ2) is 20.1. The molecule has 1 saturated heterocycles. The standard InChI is InChI=1S/C33H47N9O7/c34-24(19-22-11-13-23(43)14-12-22)28(44)40-26-10-6-16-39-33(49)38-15-5-4-9-25(29(45)36-17-18-37-32(35)48)41-31(47)27(42-30(26)46)20-21-7-2-1-3-8-21/h1-3,7-8,11-14,24-27,43H,4-6,9-10,15-20,34H2,(H,36,45)(H,40,44)(H,41,47)(H,42,46)(H3,35,37,48)(H2,38,39,49)/t24-,25-,26+,27-/m0/s1. The molecule has 0 spiro atoms. The number of phenols is 1. The van der Waals surface area contributed by atoms with Gasteiger partial charge >= 0.3 is 12.1 Å². The summed E-state index contributed by atoms with van der Waals surface area (Å²) in [4.78, 5) is 77.2. The fraction of sp³-hybridized carbons (Fsp3) is 0.455. The molecule has 0 aliphatic carbocycles. The summed E-state index contributed by atoms with van der Waals surface area (Å²) in [7, 11) is 0. The van der Waals surface area contributed by atoms with Gasteiger partial charge in [0, 0.05) is 32.6 Å². The van der Waals surface area contributed by atoms with Gasteiger partial charge in [-0.15, -0.1) is 0 Å². The second-order valence-corrected chi connectivity index (χ2v) is 11.8. The molecule has 3 rings (SSSR count). The summed E-state index contributed by atoms with van der Waals surface area (Å²) in [5.41, 5.74) is 12.7. The molecule has 16 nitrogen and oxygen atoms in total. The molecule has 16 heteroatoms. The summed E-state index contributed by atoms with van der Waals surface area (Å²) >= 11 is 0. The zero-order valence-electron chi connectivity index (χ0n) is 27.3. The van der Waals surface area contributed by atoms with Gasteiger partial charge in [-0.3, -0.25) is 19.2 Å². The number of hydrogen-bond donors (Lipinski definition) is 10. The largest absolute Gasteiger partial charge is 0.508 e. The van der Waals surface area contributed by atoms with E-state index >= 15 is 0 Å². The summed E-state index contributed by atoms with van der Waals surface area (Å²) < 4.78 is 0. The average Bonchev–Trinajstić information content (AvgIpc) is 3.07. The molecule has 0 unspecified atom stereocenters. The average molecular weight is 682 g/mol. The van der Waals surface area contributed by atoms with Gasteiger partial charge in [-0.05, 0) is 61.8 Å². The lowest BCUT2D eigenvalue weighted by Gasteiger charge is -2.26. The maximum Gasteiger partial charge on any atom is 0.314 e. The molecule has 1 aliphatic heterocycles. The number of nitrogens with two attached hydrogens (primary N) is 2. The number of amides is 8. The third kappa shape index (κ3) is 14.1. The number of carbonyl (C=O) groups excluding carboxylic acids is 6. The molecule has 8 amide bonds. The highest BCUT2D eigenvalue weighted by molar-refractivity contribution is 5.95. The predicted molar refractivity (Wildman–Crippen MR) is 181 cm³/mol. The molecule has 1 heterocycles. The van der Waals surface area contributed by atoms with Crippen LogP contribution in [0.5, 0.6) is 5.75 Å². The molecule has 12 N–H and O–H groups in total. The number of urea groups is 2. The molecule has 1 aliphatic rings. The van der Waals surface area contributed by atoms with Gasteiger partial charge in [0.1, 0.15) is 23.9 Å². The Kier molecular flexibility index (Phi) is 15.6. The van der Waals surface area contributed by atoms with Crippen LogP contribution < -0.4 is 48.7 Å². The van der Waals surface area contributed by atoms with Crippen molar-refractivity contribution >= 4 is 35.7 Å². The number of phenolic OH excluding ortho intramolecular Hbond substituents is 1. The molecule has 2 aromatic rings. The van der Waals surface area contributed by atoms with Crippen LogP contribution in [0.15, 0.2) is 54.6 Å². The van der Waals surface area contributed by atoms with Gasteiger partial charge in [0.05, 0.1) is 6.04 Å². The lowest BCUT2D eigenvalue weighted by molar-refractivity contribution is -0.134. The lowest BCUT2D eigenvalue weighted by Crippen LogP contribution is -2.58. The quantitative estimate of drug-likeness (QED) is 0.139. The Morgan fingerprint density at radius 2 is 1.49 bits per heavy atom. The summed E-state index contributed by atoms with van der Waals surface area (Å²) in [6.45, 7) is 0.687. The van der Waals surface area contributed by atoms with Crippen molar-refractivity contribution in [2.75, 3.05) is 26.2 Å². The van der Waals surface area contributed by atoms with Crippen LogP contribution in [-0.4, -0.2) is 91.1 Å². The van der Waals surface area contributed by atoms with Crippen molar-refractivity contribution in [2.45, 2.75) is 69.1 Å². The van der Waals surface area contributed by atoms with Crippen LogP contribution >= 0.6 is 0 Å². The van der Waals surface area contributed by atoms with Crippen molar-refractivity contribution in [3.05, 3.63) is 65.7 Å². The van der Waals surface area contributed by atoms with Crippen LogP contribution in [0, 0.1) is 0 Å². The molecule has 0 bridgehead atoms. The smallest absolute Gasteiger partial charge is 0.314 e. The highest BCUT2D eigenvalue weighted by Crippen LogP contribution is 2.12. The van der Waals surface area contributed by atoms with Gasteiger partial charge in [-0.1, -0.05) is 42.5 Å². The van der Waals surface area contributed by atoms with Gasteiger partial charge < -0.3 is 53.8 Å². The second-order valence-electron chi connectivity index (χ2n) is 11.8. The molecule has 266 valence electrons. The minimum atomic E-state index is -1.12. The van der Waals surface area contributed by atoms with E-state index in [1.807, 2.05) is 6.07 Å². The Morgan fingerprint density at radius 3 is 2.18 bits per heavy atom. The van der Waals surface area contributed by atoms with Crippen LogP contribution in [-0.2, 0) is 32.0 Å². The Morgan fingerprint density at radius 1 is 0.816 bits per heavy atom. The molecule has 1 fully saturated rings. The van der Waals surface area contributed by atoms with Gasteiger partial charge in [0.25, 0.3) is 0 Å². The Balaban J connectivity index is 1.82. The highest BCUT2D eigenvalue weighted by Gasteiger charge is 2.30. The number of aromatic hydroxyl groups is 1. The predicted octanol–water partition coefficient (Wildman–Crippen LogP) is -0.993. The number of benzene rings is 2. The molecule has 2 aromatic carbocycles. The number of rotatable bonds is 10. The SMILES string of the molecule is NC(=O)NCCNC(=O)[C@@H]1CCCCNC(=O)NCCC[C@@H](NC(=O)[C@@H](N)Cc2ccc(O)cc2)C(=O)N[C@@H](Cc2ccccc2)C(=O)N1. The maximum absolute atomic E-state index is 13.8. The summed E-state index contributed by atoms with van der Waals surface area (Å²) in [5.74, 6) is -2.28. The van der Waals surface area contributed by atoms with Crippen molar-refractivity contribution in [2.24, 2.45) is 11.5 Å². The number of hydrogen-bond acceptors (Lipinski definition) is 8. The Hall–Kier alpha value is -5.38. The van der Waals surface area contributed by atoms with Crippen molar-refractivity contribution in [1.29, 1.82) is 0 Å². The van der Waals surface area contributed by atoms with Crippen molar-refractivity contribution in [3.63, 3.8) is 0 Å². The van der Waals surface area contributed by atoms with E-state index in [2.05, 4.69) is 37.2 Å². The summed E-state index contributed by atoms with van der Waals surface area (Å²) in [6, 6.07) is 9.85. The number of carbonyl (C=O) groups is 6. The highest BCUT2D eigenvalue weighted by atomic mass is 16.3. The molecular formula is C33H47N9O7. The van der Waals surface area contributed by atoms with E-state index < -0.39 is 59.9 Å². The van der Waals surface area contributed by atoms with Gasteiger partial charge in [-0.2, -0.15) is 0 Å². The van der Waals surface area contributed by atoms with E-state index in [1.165, 1.54) is 12.1 Å². The first kappa shape index (κ1) is 38.1. The minimum Gasteiger partial charge on any atom is -0.508 e. The van der Waals surface area contributed by atoms with Crippen LogP contribution in [0.1, 0.15) is 43.2 Å². The van der Waals surface area contributed by atoms with Crippen LogP contribution in [0.25, 0.3) is 0 Å². The summed E-state index contributed by atoms with van der Waals surface area (Å²) in [5, 5.41) is 28.3. The number of primary amides is 1.